The summed E-state index contributed by atoms with van der Waals surface area (Å²) in [4.78, 5) is 23.7. The number of benzene rings is 2. The lowest BCUT2D eigenvalue weighted by Crippen LogP contribution is -2.35. The number of hydrogen-bond acceptors (Lipinski definition) is 4. The Labute approximate surface area is 144 Å². The molecule has 2 aromatic rings. The maximum absolute atomic E-state index is 12.0. The average molecular weight is 346 g/mol. The smallest absolute Gasteiger partial charge is 0.259 e. The average Bonchev–Trinajstić information content (AvgIpc) is 2.59. The summed E-state index contributed by atoms with van der Waals surface area (Å²) >= 11 is 5.85. The van der Waals surface area contributed by atoms with Crippen LogP contribution in [-0.4, -0.2) is 31.7 Å². The van der Waals surface area contributed by atoms with Crippen molar-refractivity contribution in [2.75, 3.05) is 13.7 Å². The number of carbonyl (C=O) groups is 2. The maximum Gasteiger partial charge on any atom is 0.259 e. The van der Waals surface area contributed by atoms with Crippen LogP contribution in [0, 0.1) is 0 Å². The van der Waals surface area contributed by atoms with Crippen LogP contribution in [0.1, 0.15) is 15.9 Å². The minimum Gasteiger partial charge on any atom is -0.496 e. The fourth-order valence-corrected chi connectivity index (χ4v) is 2.09. The van der Waals surface area contributed by atoms with Gasteiger partial charge in [0.25, 0.3) is 11.8 Å². The second kappa shape index (κ2) is 8.69. The van der Waals surface area contributed by atoms with Crippen LogP contribution in [0.25, 0.3) is 0 Å². The van der Waals surface area contributed by atoms with Crippen molar-refractivity contribution in [1.29, 1.82) is 0 Å². The first-order valence-corrected chi connectivity index (χ1v) is 7.46. The minimum atomic E-state index is -0.448. The highest BCUT2D eigenvalue weighted by Gasteiger charge is 2.12. The molecule has 0 aromatic heterocycles. The Balaban J connectivity index is 1.83. The maximum atomic E-state index is 12.0. The third-order valence-corrected chi connectivity index (χ3v) is 3.25. The summed E-state index contributed by atoms with van der Waals surface area (Å²) in [7, 11) is 1.48. The zero-order valence-corrected chi connectivity index (χ0v) is 13.7. The molecule has 0 unspecified atom stereocenters. The first kappa shape index (κ1) is 17.5. The van der Waals surface area contributed by atoms with E-state index in [0.717, 1.165) is 5.56 Å². The summed E-state index contributed by atoms with van der Waals surface area (Å²) < 4.78 is 5.10. The lowest BCUT2D eigenvalue weighted by molar-refractivity contribution is -0.120. The Hall–Kier alpha value is -2.86. The number of para-hydroxylation sites is 1. The Bertz CT molecular complexity index is 762. The van der Waals surface area contributed by atoms with Gasteiger partial charge in [0.2, 0.25) is 0 Å². The van der Waals surface area contributed by atoms with Gasteiger partial charge in [-0.3, -0.25) is 9.59 Å². The Kier molecular flexibility index (Phi) is 6.33. The fourth-order valence-electron chi connectivity index (χ4n) is 1.89. The number of ether oxygens (including phenoxy) is 1. The summed E-state index contributed by atoms with van der Waals surface area (Å²) in [5.41, 5.74) is 3.43. The molecule has 0 bridgehead atoms. The third-order valence-electron chi connectivity index (χ3n) is 3.01. The van der Waals surface area contributed by atoms with Gasteiger partial charge in [0.1, 0.15) is 5.75 Å². The summed E-state index contributed by atoms with van der Waals surface area (Å²) in [6.07, 6.45) is 1.46. The number of rotatable bonds is 6. The molecule has 2 N–H and O–H groups in total. The van der Waals surface area contributed by atoms with Gasteiger partial charge in [0, 0.05) is 5.02 Å². The molecule has 0 aliphatic heterocycles. The van der Waals surface area contributed by atoms with Crippen molar-refractivity contribution in [1.82, 2.24) is 10.7 Å². The number of nitrogens with one attached hydrogen (secondary N) is 2. The van der Waals surface area contributed by atoms with Crippen LogP contribution in [0.4, 0.5) is 0 Å². The third kappa shape index (κ3) is 5.10. The highest BCUT2D eigenvalue weighted by molar-refractivity contribution is 6.30. The van der Waals surface area contributed by atoms with Crippen LogP contribution in [-0.2, 0) is 4.79 Å². The Morgan fingerprint density at radius 3 is 2.75 bits per heavy atom. The second-order valence-corrected chi connectivity index (χ2v) is 5.17. The Morgan fingerprint density at radius 2 is 2.00 bits per heavy atom. The molecule has 0 aliphatic rings. The van der Waals surface area contributed by atoms with Crippen LogP contribution in [0.15, 0.2) is 53.6 Å². The van der Waals surface area contributed by atoms with Gasteiger partial charge in [-0.25, -0.2) is 5.43 Å². The van der Waals surface area contributed by atoms with Crippen molar-refractivity contribution in [2.45, 2.75) is 0 Å². The van der Waals surface area contributed by atoms with E-state index < -0.39 is 11.8 Å². The predicted octanol–water partition coefficient (Wildman–Crippen LogP) is 2.23. The van der Waals surface area contributed by atoms with E-state index in [1.807, 2.05) is 0 Å². The lowest BCUT2D eigenvalue weighted by Gasteiger charge is -2.08. The van der Waals surface area contributed by atoms with Gasteiger partial charge in [-0.2, -0.15) is 5.10 Å². The predicted molar refractivity (Wildman–Crippen MR) is 92.5 cm³/mol. The van der Waals surface area contributed by atoms with Gasteiger partial charge < -0.3 is 10.1 Å². The number of methoxy groups -OCH3 is 1. The zero-order chi connectivity index (χ0) is 17.4. The Morgan fingerprint density at radius 1 is 1.21 bits per heavy atom. The molecular formula is C17H16ClN3O3. The van der Waals surface area contributed by atoms with Crippen LogP contribution < -0.4 is 15.5 Å². The van der Waals surface area contributed by atoms with Crippen LogP contribution >= 0.6 is 11.6 Å². The largest absolute Gasteiger partial charge is 0.496 e. The molecule has 24 heavy (non-hydrogen) atoms. The topological polar surface area (TPSA) is 79.8 Å². The van der Waals surface area contributed by atoms with Gasteiger partial charge in [-0.05, 0) is 29.8 Å². The standard InChI is InChI=1S/C17H16ClN3O3/c1-24-15-8-3-2-7-14(15)17(23)19-11-16(22)21-20-10-12-5-4-6-13(18)9-12/h2-10H,11H2,1H3,(H,19,23)(H,21,22)/b20-10-. The van der Waals surface area contributed by atoms with Crippen molar-refractivity contribution < 1.29 is 14.3 Å². The highest BCUT2D eigenvalue weighted by Crippen LogP contribution is 2.16. The normalized spacial score (nSPS) is 10.4. The van der Waals surface area contributed by atoms with E-state index in [9.17, 15) is 9.59 Å². The molecule has 0 aliphatic carbocycles. The first-order valence-electron chi connectivity index (χ1n) is 7.09. The molecule has 0 heterocycles. The van der Waals surface area contributed by atoms with E-state index in [-0.39, 0.29) is 6.54 Å². The molecule has 6 nitrogen and oxygen atoms in total. The number of halogens is 1. The summed E-state index contributed by atoms with van der Waals surface area (Å²) in [5, 5.41) is 6.89. The van der Waals surface area contributed by atoms with Gasteiger partial charge in [0.15, 0.2) is 0 Å². The number of amides is 2. The molecule has 0 atom stereocenters. The fraction of sp³-hybridized carbons (Fsp3) is 0.118. The summed E-state index contributed by atoms with van der Waals surface area (Å²) in [6, 6.07) is 13.8. The summed E-state index contributed by atoms with van der Waals surface area (Å²) in [5.74, 6) is -0.410. The number of hydrogen-bond donors (Lipinski definition) is 2. The molecule has 7 heteroatoms. The SMILES string of the molecule is COc1ccccc1C(=O)NCC(=O)N/N=C\c1cccc(Cl)c1. The minimum absolute atomic E-state index is 0.205. The molecule has 0 fully saturated rings. The van der Waals surface area contributed by atoms with Crippen molar-refractivity contribution in [3.05, 3.63) is 64.7 Å². The number of hydrazone groups is 1. The summed E-state index contributed by atoms with van der Waals surface area (Å²) in [6.45, 7) is -0.205. The van der Waals surface area contributed by atoms with E-state index in [0.29, 0.717) is 16.3 Å². The quantitative estimate of drug-likeness (QED) is 0.622. The molecular weight excluding hydrogens is 330 g/mol. The van der Waals surface area contributed by atoms with Crippen molar-refractivity contribution in [2.24, 2.45) is 5.10 Å². The highest BCUT2D eigenvalue weighted by atomic mass is 35.5. The molecule has 124 valence electrons. The van der Waals surface area contributed by atoms with Crippen molar-refractivity contribution in [3.8, 4) is 5.75 Å². The van der Waals surface area contributed by atoms with Gasteiger partial charge in [0.05, 0.1) is 25.4 Å². The molecule has 2 rings (SSSR count). The van der Waals surface area contributed by atoms with Crippen LogP contribution in [0.2, 0.25) is 5.02 Å². The molecule has 0 saturated heterocycles. The van der Waals surface area contributed by atoms with Crippen LogP contribution in [0.3, 0.4) is 0 Å². The number of nitrogens with zero attached hydrogens (tertiary/aromatic N) is 1. The van der Waals surface area contributed by atoms with E-state index in [1.54, 1.807) is 48.5 Å². The van der Waals surface area contributed by atoms with E-state index in [1.165, 1.54) is 13.3 Å². The second-order valence-electron chi connectivity index (χ2n) is 4.73. The monoisotopic (exact) mass is 345 g/mol. The van der Waals surface area contributed by atoms with Gasteiger partial charge in [-0.15, -0.1) is 0 Å². The van der Waals surface area contributed by atoms with Gasteiger partial charge >= 0.3 is 0 Å². The van der Waals surface area contributed by atoms with Crippen LogP contribution in [0.5, 0.6) is 5.75 Å². The van der Waals surface area contributed by atoms with Gasteiger partial charge in [-0.1, -0.05) is 35.9 Å². The molecule has 0 saturated carbocycles. The lowest BCUT2D eigenvalue weighted by atomic mass is 10.2. The van der Waals surface area contributed by atoms with Crippen molar-refractivity contribution in [3.63, 3.8) is 0 Å². The van der Waals surface area contributed by atoms with E-state index >= 15 is 0 Å². The molecule has 2 amide bonds. The van der Waals surface area contributed by atoms with Crippen molar-refractivity contribution >= 4 is 29.6 Å². The zero-order valence-electron chi connectivity index (χ0n) is 13.0. The molecule has 0 spiro atoms. The first-order chi connectivity index (χ1) is 11.6. The molecule has 2 aromatic carbocycles. The number of carbonyl (C=O) groups excluding carboxylic acids is 2. The van der Waals surface area contributed by atoms with E-state index in [4.69, 9.17) is 16.3 Å². The van der Waals surface area contributed by atoms with E-state index in [2.05, 4.69) is 15.8 Å². The molecule has 0 radical (unpaired) electrons.